The Balaban J connectivity index is 1.89. The summed E-state index contributed by atoms with van der Waals surface area (Å²) in [5.74, 6) is 0. The zero-order chi connectivity index (χ0) is 15.2. The molecule has 0 bridgehead atoms. The van der Waals surface area contributed by atoms with Crippen LogP contribution in [-0.4, -0.2) is 27.2 Å². The lowest BCUT2D eigenvalue weighted by Crippen LogP contribution is -2.16. The molecule has 6 heteroatoms. The molecule has 1 aromatic heterocycles. The Morgan fingerprint density at radius 1 is 1.33 bits per heavy atom. The molecule has 112 valence electrons. The second kappa shape index (κ2) is 8.17. The quantitative estimate of drug-likeness (QED) is 0.509. The molecule has 0 spiro atoms. The lowest BCUT2D eigenvalue weighted by molar-refractivity contribution is 0.183. The number of alkyl halides is 1. The summed E-state index contributed by atoms with van der Waals surface area (Å²) in [6.45, 7) is 0. The molecule has 2 aromatic rings. The number of rotatable bonds is 7. The molecule has 0 radical (unpaired) electrons. The van der Waals surface area contributed by atoms with Gasteiger partial charge in [-0.2, -0.15) is 0 Å². The van der Waals surface area contributed by atoms with E-state index >= 15 is 0 Å². The van der Waals surface area contributed by atoms with Crippen LogP contribution < -0.4 is 0 Å². The summed E-state index contributed by atoms with van der Waals surface area (Å²) in [5.41, 5.74) is 2.35. The van der Waals surface area contributed by atoms with Crippen LogP contribution in [0.3, 0.4) is 0 Å². The number of aryl methyl sites for hydroxylation is 1. The number of nitrogens with zero attached hydrogens (tertiary/aromatic N) is 1. The monoisotopic (exact) mass is 430 g/mol. The molecule has 2 N–H and O–H groups in total. The van der Waals surface area contributed by atoms with Gasteiger partial charge in [0.2, 0.25) is 0 Å². The van der Waals surface area contributed by atoms with E-state index in [1.54, 1.807) is 11.3 Å². The summed E-state index contributed by atoms with van der Waals surface area (Å²) < 4.78 is 0.988. The van der Waals surface area contributed by atoms with Gasteiger partial charge in [0.1, 0.15) is 0 Å². The number of aliphatic hydroxyl groups is 1. The van der Waals surface area contributed by atoms with E-state index in [1.165, 1.54) is 0 Å². The highest BCUT2D eigenvalue weighted by Crippen LogP contribution is 2.16. The second-order valence-electron chi connectivity index (χ2n) is 4.72. The first kappa shape index (κ1) is 16.8. The van der Waals surface area contributed by atoms with Crippen LogP contribution in [0.15, 0.2) is 34.1 Å². The SMILES string of the molecule is N=C(C[C@@H](O)Cc1nc(CCBr)cs1)c1ccc(Br)cc1. The van der Waals surface area contributed by atoms with Crippen LogP contribution in [0.2, 0.25) is 0 Å². The molecule has 1 heterocycles. The number of thiazole rings is 1. The standard InChI is InChI=1S/C15H16Br2N2OS/c16-6-5-12-9-21-15(19-12)8-13(20)7-14(18)10-1-3-11(17)4-2-10/h1-4,9,13,18,20H,5-8H2/t13-/m1/s1. The number of hydrogen-bond donors (Lipinski definition) is 2. The molecule has 0 saturated carbocycles. The van der Waals surface area contributed by atoms with Crippen LogP contribution in [0.4, 0.5) is 0 Å². The van der Waals surface area contributed by atoms with E-state index in [-0.39, 0.29) is 0 Å². The first-order valence-corrected chi connectivity index (χ1v) is 9.38. The van der Waals surface area contributed by atoms with Crippen molar-refractivity contribution in [1.82, 2.24) is 4.98 Å². The fourth-order valence-electron chi connectivity index (χ4n) is 1.93. The van der Waals surface area contributed by atoms with Gasteiger partial charge in [-0.15, -0.1) is 11.3 Å². The molecule has 21 heavy (non-hydrogen) atoms. The molecule has 0 aliphatic carbocycles. The maximum Gasteiger partial charge on any atom is 0.0954 e. The summed E-state index contributed by atoms with van der Waals surface area (Å²) in [4.78, 5) is 4.48. The molecule has 1 aromatic carbocycles. The largest absolute Gasteiger partial charge is 0.392 e. The minimum Gasteiger partial charge on any atom is -0.392 e. The zero-order valence-corrected chi connectivity index (χ0v) is 15.3. The number of halogens is 2. The summed E-state index contributed by atoms with van der Waals surface area (Å²) >= 11 is 8.34. The van der Waals surface area contributed by atoms with Gasteiger partial charge in [0.25, 0.3) is 0 Å². The molecule has 3 nitrogen and oxygen atoms in total. The number of benzene rings is 1. The van der Waals surface area contributed by atoms with Crippen molar-refractivity contribution >= 4 is 48.9 Å². The van der Waals surface area contributed by atoms with E-state index in [4.69, 9.17) is 5.41 Å². The van der Waals surface area contributed by atoms with E-state index < -0.39 is 6.10 Å². The predicted octanol–water partition coefficient (Wildman–Crippen LogP) is 4.20. The average molecular weight is 432 g/mol. The molecular weight excluding hydrogens is 416 g/mol. The Labute approximate surface area is 145 Å². The van der Waals surface area contributed by atoms with Crippen molar-refractivity contribution in [1.29, 1.82) is 5.41 Å². The van der Waals surface area contributed by atoms with Crippen LogP contribution in [-0.2, 0) is 12.8 Å². The molecule has 0 unspecified atom stereocenters. The topological polar surface area (TPSA) is 57.0 Å². The number of nitrogens with one attached hydrogen (secondary N) is 1. The molecular formula is C15H16Br2N2OS. The Morgan fingerprint density at radius 3 is 2.71 bits per heavy atom. The van der Waals surface area contributed by atoms with E-state index in [1.807, 2.05) is 29.6 Å². The average Bonchev–Trinajstić information content (AvgIpc) is 2.87. The molecule has 0 fully saturated rings. The van der Waals surface area contributed by atoms with Crippen molar-refractivity contribution in [2.24, 2.45) is 0 Å². The molecule has 2 rings (SSSR count). The summed E-state index contributed by atoms with van der Waals surface area (Å²) in [5, 5.41) is 22.1. The molecule has 1 atom stereocenters. The van der Waals surface area contributed by atoms with Gasteiger partial charge in [0.15, 0.2) is 0 Å². The van der Waals surface area contributed by atoms with Crippen molar-refractivity contribution in [2.45, 2.75) is 25.4 Å². The number of aliphatic hydroxyl groups excluding tert-OH is 1. The van der Waals surface area contributed by atoms with Crippen molar-refractivity contribution in [2.75, 3.05) is 5.33 Å². The molecule has 0 aliphatic heterocycles. The maximum atomic E-state index is 10.1. The zero-order valence-electron chi connectivity index (χ0n) is 11.4. The van der Waals surface area contributed by atoms with Crippen molar-refractivity contribution < 1.29 is 5.11 Å². The predicted molar refractivity (Wildman–Crippen MR) is 94.9 cm³/mol. The van der Waals surface area contributed by atoms with Gasteiger partial charge >= 0.3 is 0 Å². The van der Waals surface area contributed by atoms with Gasteiger partial charge < -0.3 is 10.5 Å². The smallest absolute Gasteiger partial charge is 0.0954 e. The highest BCUT2D eigenvalue weighted by molar-refractivity contribution is 9.10. The van der Waals surface area contributed by atoms with E-state index in [2.05, 4.69) is 36.8 Å². The number of hydrogen-bond acceptors (Lipinski definition) is 4. The number of aromatic nitrogens is 1. The van der Waals surface area contributed by atoms with E-state index in [9.17, 15) is 5.11 Å². The van der Waals surface area contributed by atoms with Gasteiger partial charge in [0.05, 0.1) is 16.8 Å². The van der Waals surface area contributed by atoms with Gasteiger partial charge in [-0.05, 0) is 17.7 Å². The van der Waals surface area contributed by atoms with E-state index in [0.29, 0.717) is 18.6 Å². The Kier molecular flexibility index (Phi) is 6.54. The second-order valence-corrected chi connectivity index (χ2v) is 7.37. The van der Waals surface area contributed by atoms with E-state index in [0.717, 1.165) is 32.5 Å². The minimum atomic E-state index is -0.566. The first-order valence-electron chi connectivity index (χ1n) is 6.59. The van der Waals surface area contributed by atoms with Crippen molar-refractivity contribution in [3.05, 3.63) is 50.4 Å². The van der Waals surface area contributed by atoms with Gasteiger partial charge in [-0.3, -0.25) is 0 Å². The summed E-state index contributed by atoms with van der Waals surface area (Å²) in [6, 6.07) is 7.58. The van der Waals surface area contributed by atoms with Crippen LogP contribution >= 0.6 is 43.2 Å². The Bertz CT molecular complexity index is 598. The van der Waals surface area contributed by atoms with Crippen molar-refractivity contribution in [3.63, 3.8) is 0 Å². The lowest BCUT2D eigenvalue weighted by Gasteiger charge is -2.10. The fraction of sp³-hybridized carbons (Fsp3) is 0.333. The Hall–Kier alpha value is -0.560. The van der Waals surface area contributed by atoms with Crippen LogP contribution in [0.5, 0.6) is 0 Å². The molecule has 0 saturated heterocycles. The lowest BCUT2D eigenvalue weighted by atomic mass is 10.0. The third-order valence-corrected chi connectivity index (χ3v) is 4.84. The van der Waals surface area contributed by atoms with Crippen LogP contribution in [0.1, 0.15) is 22.7 Å². The third kappa shape index (κ3) is 5.29. The summed E-state index contributed by atoms with van der Waals surface area (Å²) in [6.07, 6.45) is 1.19. The molecule has 0 amide bonds. The highest BCUT2D eigenvalue weighted by Gasteiger charge is 2.13. The van der Waals surface area contributed by atoms with Gasteiger partial charge in [-0.1, -0.05) is 44.0 Å². The van der Waals surface area contributed by atoms with Crippen molar-refractivity contribution in [3.8, 4) is 0 Å². The first-order chi connectivity index (χ1) is 10.1. The maximum absolute atomic E-state index is 10.1. The summed E-state index contributed by atoms with van der Waals surface area (Å²) in [7, 11) is 0. The van der Waals surface area contributed by atoms with Gasteiger partial charge in [-0.25, -0.2) is 4.98 Å². The van der Waals surface area contributed by atoms with Gasteiger partial charge in [0, 0.05) is 40.2 Å². The minimum absolute atomic E-state index is 0.342. The van der Waals surface area contributed by atoms with Crippen LogP contribution in [0, 0.1) is 5.41 Å². The fourth-order valence-corrected chi connectivity index (χ4v) is 3.50. The third-order valence-electron chi connectivity index (χ3n) is 2.99. The normalized spacial score (nSPS) is 12.3. The highest BCUT2D eigenvalue weighted by atomic mass is 79.9. The molecule has 0 aliphatic rings. The van der Waals surface area contributed by atoms with Crippen LogP contribution in [0.25, 0.3) is 0 Å². The Morgan fingerprint density at radius 2 is 2.05 bits per heavy atom.